The number of imidazole rings is 1. The van der Waals surface area contributed by atoms with Gasteiger partial charge in [0.1, 0.15) is 5.75 Å². The van der Waals surface area contributed by atoms with Crippen LogP contribution in [0, 0.1) is 5.92 Å². The van der Waals surface area contributed by atoms with Crippen LogP contribution < -0.4 is 10.1 Å². The summed E-state index contributed by atoms with van der Waals surface area (Å²) in [4.78, 5) is 17.5. The number of halogens is 1. The molecule has 5 nitrogen and oxygen atoms in total. The number of nitrogens with one attached hydrogen (secondary N) is 1. The van der Waals surface area contributed by atoms with Gasteiger partial charge >= 0.3 is 0 Å². The summed E-state index contributed by atoms with van der Waals surface area (Å²) in [7, 11) is 1.56. The zero-order valence-corrected chi connectivity index (χ0v) is 18.0. The maximum Gasteiger partial charge on any atom is 0.237 e. The Morgan fingerprint density at radius 1 is 1.25 bits per heavy atom. The van der Waals surface area contributed by atoms with E-state index >= 15 is 0 Å². The molecule has 148 valence electrons. The van der Waals surface area contributed by atoms with Crippen LogP contribution in [0.2, 0.25) is 5.02 Å². The second-order valence-corrected chi connectivity index (χ2v) is 8.73. The largest absolute Gasteiger partial charge is 0.495 e. The van der Waals surface area contributed by atoms with Gasteiger partial charge in [0.15, 0.2) is 5.16 Å². The molecule has 0 aliphatic heterocycles. The average Bonchev–Trinajstić information content (AvgIpc) is 2.98. The van der Waals surface area contributed by atoms with Crippen LogP contribution in [0.3, 0.4) is 0 Å². The van der Waals surface area contributed by atoms with Gasteiger partial charge in [0.2, 0.25) is 5.91 Å². The smallest absolute Gasteiger partial charge is 0.237 e. The Bertz CT molecular complexity index is 987. The number of ether oxygens (including phenoxy) is 1. The van der Waals surface area contributed by atoms with Gasteiger partial charge in [0.05, 0.1) is 29.1 Å². The molecule has 0 saturated carbocycles. The predicted octanol–water partition coefficient (Wildman–Crippen LogP) is 5.47. The standard InChI is InChI=1S/C21H24ClN3O2S/c1-13(2)12-25-18-8-6-5-7-16(18)24-21(25)28-14(3)20(26)23-17-11-15(22)9-10-19(17)27-4/h5-11,13-14H,12H2,1-4H3,(H,23,26)/t14-/m0/s1. The third-order valence-electron chi connectivity index (χ3n) is 4.24. The van der Waals surface area contributed by atoms with E-state index in [1.807, 2.05) is 25.1 Å². The highest BCUT2D eigenvalue weighted by molar-refractivity contribution is 8.00. The number of rotatable bonds is 7. The number of nitrogens with zero attached hydrogens (tertiary/aromatic N) is 2. The quantitative estimate of drug-likeness (QED) is 0.517. The second-order valence-electron chi connectivity index (χ2n) is 6.98. The molecule has 0 unspecified atom stereocenters. The van der Waals surface area contributed by atoms with Crippen LogP contribution in [-0.4, -0.2) is 27.8 Å². The van der Waals surface area contributed by atoms with E-state index in [9.17, 15) is 4.79 Å². The van der Waals surface area contributed by atoms with Crippen molar-refractivity contribution < 1.29 is 9.53 Å². The van der Waals surface area contributed by atoms with E-state index in [-0.39, 0.29) is 11.2 Å². The average molecular weight is 418 g/mol. The van der Waals surface area contributed by atoms with Crippen molar-refractivity contribution in [1.82, 2.24) is 9.55 Å². The van der Waals surface area contributed by atoms with E-state index in [0.717, 1.165) is 22.7 Å². The van der Waals surface area contributed by atoms with Gasteiger partial charge in [-0.25, -0.2) is 4.98 Å². The van der Waals surface area contributed by atoms with Crippen molar-refractivity contribution >= 4 is 46.0 Å². The van der Waals surface area contributed by atoms with Crippen LogP contribution in [0.25, 0.3) is 11.0 Å². The Morgan fingerprint density at radius 2 is 2.00 bits per heavy atom. The zero-order valence-electron chi connectivity index (χ0n) is 16.4. The number of hydrogen-bond donors (Lipinski definition) is 1. The van der Waals surface area contributed by atoms with Crippen LogP contribution in [0.1, 0.15) is 20.8 Å². The fourth-order valence-corrected chi connectivity index (χ4v) is 4.01. The molecule has 0 fully saturated rings. The van der Waals surface area contributed by atoms with Crippen molar-refractivity contribution in [2.75, 3.05) is 12.4 Å². The third-order valence-corrected chi connectivity index (χ3v) is 5.56. The van der Waals surface area contributed by atoms with E-state index < -0.39 is 0 Å². The van der Waals surface area contributed by atoms with Crippen molar-refractivity contribution in [3.05, 3.63) is 47.5 Å². The summed E-state index contributed by atoms with van der Waals surface area (Å²) < 4.78 is 7.49. The summed E-state index contributed by atoms with van der Waals surface area (Å²) in [5.41, 5.74) is 2.58. The highest BCUT2D eigenvalue weighted by Crippen LogP contribution is 2.31. The number of carbonyl (C=O) groups excluding carboxylic acids is 1. The van der Waals surface area contributed by atoms with Gasteiger partial charge in [-0.3, -0.25) is 4.79 Å². The third kappa shape index (κ3) is 4.62. The summed E-state index contributed by atoms with van der Waals surface area (Å²) in [5.74, 6) is 0.910. The minimum Gasteiger partial charge on any atom is -0.495 e. The fraction of sp³-hybridized carbons (Fsp3) is 0.333. The van der Waals surface area contributed by atoms with Crippen LogP contribution in [0.4, 0.5) is 5.69 Å². The first-order chi connectivity index (χ1) is 13.4. The minimum atomic E-state index is -0.341. The normalized spacial score (nSPS) is 12.4. The number of aromatic nitrogens is 2. The van der Waals surface area contributed by atoms with Crippen molar-refractivity contribution in [3.8, 4) is 5.75 Å². The molecule has 7 heteroatoms. The minimum absolute atomic E-state index is 0.131. The summed E-state index contributed by atoms with van der Waals surface area (Å²) in [6, 6.07) is 13.2. The first-order valence-corrected chi connectivity index (χ1v) is 10.4. The number of hydrogen-bond acceptors (Lipinski definition) is 4. The first kappa shape index (κ1) is 20.6. The molecule has 1 atom stereocenters. The highest BCUT2D eigenvalue weighted by Gasteiger charge is 2.21. The summed E-state index contributed by atoms with van der Waals surface area (Å²) >= 11 is 7.50. The van der Waals surface area contributed by atoms with Gasteiger partial charge in [-0.05, 0) is 43.2 Å². The van der Waals surface area contributed by atoms with Crippen LogP contribution in [0.15, 0.2) is 47.6 Å². The molecule has 2 aromatic carbocycles. The molecular weight excluding hydrogens is 394 g/mol. The van der Waals surface area contributed by atoms with Crippen molar-refractivity contribution in [2.24, 2.45) is 5.92 Å². The zero-order chi connectivity index (χ0) is 20.3. The Kier molecular flexibility index (Phi) is 6.52. The SMILES string of the molecule is COc1ccc(Cl)cc1NC(=O)[C@H](C)Sc1nc2ccccc2n1CC(C)C. The molecule has 1 heterocycles. The summed E-state index contributed by atoms with van der Waals surface area (Å²) in [5, 5.41) is 3.95. The van der Waals surface area contributed by atoms with Crippen molar-refractivity contribution in [2.45, 2.75) is 37.7 Å². The number of para-hydroxylation sites is 2. The number of methoxy groups -OCH3 is 1. The number of amides is 1. The molecule has 1 amide bonds. The molecule has 0 bridgehead atoms. The van der Waals surface area contributed by atoms with E-state index in [1.54, 1.807) is 25.3 Å². The van der Waals surface area contributed by atoms with Gasteiger partial charge < -0.3 is 14.6 Å². The molecule has 28 heavy (non-hydrogen) atoms. The Morgan fingerprint density at radius 3 is 2.71 bits per heavy atom. The maximum atomic E-state index is 12.8. The Hall–Kier alpha value is -2.18. The topological polar surface area (TPSA) is 56.1 Å². The van der Waals surface area contributed by atoms with Crippen LogP contribution >= 0.6 is 23.4 Å². The number of thioether (sulfide) groups is 1. The van der Waals surface area contributed by atoms with E-state index in [1.165, 1.54) is 11.8 Å². The fourth-order valence-electron chi connectivity index (χ4n) is 2.91. The van der Waals surface area contributed by atoms with Crippen molar-refractivity contribution in [3.63, 3.8) is 0 Å². The Balaban J connectivity index is 1.82. The predicted molar refractivity (Wildman–Crippen MR) is 117 cm³/mol. The lowest BCUT2D eigenvalue weighted by molar-refractivity contribution is -0.115. The Labute approximate surface area is 174 Å². The lowest BCUT2D eigenvalue weighted by Crippen LogP contribution is -2.23. The van der Waals surface area contributed by atoms with Gasteiger partial charge in [-0.1, -0.05) is 49.3 Å². The maximum absolute atomic E-state index is 12.8. The lowest BCUT2D eigenvalue weighted by atomic mass is 10.2. The van der Waals surface area contributed by atoms with Gasteiger partial charge in [0.25, 0.3) is 0 Å². The molecule has 1 aromatic heterocycles. The molecule has 3 aromatic rings. The lowest BCUT2D eigenvalue weighted by Gasteiger charge is -2.16. The molecule has 0 radical (unpaired) electrons. The highest BCUT2D eigenvalue weighted by atomic mass is 35.5. The molecule has 1 N–H and O–H groups in total. The molecule has 3 rings (SSSR count). The first-order valence-electron chi connectivity index (χ1n) is 9.15. The molecule has 0 aliphatic carbocycles. The number of fused-ring (bicyclic) bond motifs is 1. The number of anilines is 1. The van der Waals surface area contributed by atoms with Crippen molar-refractivity contribution in [1.29, 1.82) is 0 Å². The van der Waals surface area contributed by atoms with Crippen LogP contribution in [-0.2, 0) is 11.3 Å². The summed E-state index contributed by atoms with van der Waals surface area (Å²) in [6.07, 6.45) is 0. The summed E-state index contributed by atoms with van der Waals surface area (Å²) in [6.45, 7) is 7.06. The number of carbonyl (C=O) groups is 1. The molecule has 0 saturated heterocycles. The van der Waals surface area contributed by atoms with Gasteiger partial charge in [-0.15, -0.1) is 0 Å². The molecular formula is C21H24ClN3O2S. The van der Waals surface area contributed by atoms with E-state index in [4.69, 9.17) is 21.3 Å². The molecule has 0 spiro atoms. The van der Waals surface area contributed by atoms with Gasteiger partial charge in [-0.2, -0.15) is 0 Å². The number of benzene rings is 2. The second kappa shape index (κ2) is 8.88. The molecule has 0 aliphatic rings. The van der Waals surface area contributed by atoms with E-state index in [0.29, 0.717) is 22.4 Å². The van der Waals surface area contributed by atoms with Crippen LogP contribution in [0.5, 0.6) is 5.75 Å². The van der Waals surface area contributed by atoms with Gasteiger partial charge in [0, 0.05) is 11.6 Å². The van der Waals surface area contributed by atoms with E-state index in [2.05, 4.69) is 29.8 Å². The monoisotopic (exact) mass is 417 g/mol.